The van der Waals surface area contributed by atoms with Crippen molar-refractivity contribution in [2.75, 3.05) is 49.6 Å². The minimum absolute atomic E-state index is 0.216. The first kappa shape index (κ1) is 20.8. The van der Waals surface area contributed by atoms with Crippen LogP contribution in [0.2, 0.25) is 0 Å². The Morgan fingerprint density at radius 1 is 0.833 bits per heavy atom. The third kappa shape index (κ3) is 4.66. The number of hydrogen-bond donors (Lipinski definition) is 1. The molecule has 8 heteroatoms. The van der Waals surface area contributed by atoms with Crippen LogP contribution in [0.25, 0.3) is 0 Å². The molecule has 4 rings (SSSR count). The number of nitrogens with zero attached hydrogens (tertiary/aromatic N) is 2. The molecule has 0 bridgehead atoms. The number of ether oxygens (including phenoxy) is 1. The van der Waals surface area contributed by atoms with E-state index in [9.17, 15) is 13.2 Å². The van der Waals surface area contributed by atoms with Gasteiger partial charge in [0.15, 0.2) is 0 Å². The molecule has 160 valence electrons. The van der Waals surface area contributed by atoms with Gasteiger partial charge in [0.1, 0.15) is 0 Å². The fourth-order valence-corrected chi connectivity index (χ4v) is 5.23. The van der Waals surface area contributed by atoms with Crippen molar-refractivity contribution in [1.29, 1.82) is 0 Å². The van der Waals surface area contributed by atoms with Crippen LogP contribution in [0.5, 0.6) is 0 Å². The molecule has 0 atom stereocenters. The van der Waals surface area contributed by atoms with Gasteiger partial charge in [-0.05, 0) is 67.8 Å². The highest BCUT2D eigenvalue weighted by molar-refractivity contribution is 7.89. The smallest absolute Gasteiger partial charge is 0.255 e. The van der Waals surface area contributed by atoms with Gasteiger partial charge in [-0.15, -0.1) is 0 Å². The maximum Gasteiger partial charge on any atom is 0.255 e. The Labute approximate surface area is 177 Å². The second-order valence-electron chi connectivity index (χ2n) is 7.59. The Bertz CT molecular complexity index is 962. The summed E-state index contributed by atoms with van der Waals surface area (Å²) in [5, 5.41) is 2.83. The van der Waals surface area contributed by atoms with E-state index in [0.29, 0.717) is 37.6 Å². The van der Waals surface area contributed by atoms with Gasteiger partial charge in [-0.3, -0.25) is 4.79 Å². The lowest BCUT2D eigenvalue weighted by molar-refractivity contribution is 0.0730. The first-order valence-corrected chi connectivity index (χ1v) is 11.8. The van der Waals surface area contributed by atoms with E-state index in [-0.39, 0.29) is 10.8 Å². The van der Waals surface area contributed by atoms with Crippen LogP contribution in [0.15, 0.2) is 53.4 Å². The zero-order chi connectivity index (χ0) is 21.0. The number of piperidine rings is 1. The third-order valence-electron chi connectivity index (χ3n) is 5.57. The first-order valence-electron chi connectivity index (χ1n) is 10.4. The maximum absolute atomic E-state index is 12.7. The lowest BCUT2D eigenvalue weighted by Crippen LogP contribution is -2.40. The Morgan fingerprint density at radius 2 is 1.47 bits per heavy atom. The molecule has 2 aliphatic rings. The highest BCUT2D eigenvalue weighted by Crippen LogP contribution is 2.22. The monoisotopic (exact) mass is 429 g/mol. The average molecular weight is 430 g/mol. The Balaban J connectivity index is 1.39. The van der Waals surface area contributed by atoms with Crippen molar-refractivity contribution in [1.82, 2.24) is 4.31 Å². The third-order valence-corrected chi connectivity index (χ3v) is 7.48. The van der Waals surface area contributed by atoms with Crippen LogP contribution >= 0.6 is 0 Å². The van der Waals surface area contributed by atoms with Crippen molar-refractivity contribution in [3.63, 3.8) is 0 Å². The summed E-state index contributed by atoms with van der Waals surface area (Å²) in [6.45, 7) is 3.65. The molecule has 0 aliphatic carbocycles. The second kappa shape index (κ2) is 9.16. The normalized spacial score (nSPS) is 18.2. The highest BCUT2D eigenvalue weighted by Gasteiger charge is 2.26. The molecule has 1 N–H and O–H groups in total. The molecule has 30 heavy (non-hydrogen) atoms. The van der Waals surface area contributed by atoms with Crippen molar-refractivity contribution in [3.8, 4) is 0 Å². The quantitative estimate of drug-likeness (QED) is 0.791. The van der Waals surface area contributed by atoms with Gasteiger partial charge in [0.25, 0.3) is 5.91 Å². The molecule has 0 aromatic heterocycles. The molecule has 0 saturated carbocycles. The number of morpholine rings is 1. The minimum atomic E-state index is -3.54. The number of carbonyl (C=O) groups is 1. The zero-order valence-corrected chi connectivity index (χ0v) is 17.7. The van der Waals surface area contributed by atoms with Crippen molar-refractivity contribution < 1.29 is 17.9 Å². The van der Waals surface area contributed by atoms with Gasteiger partial charge in [0.05, 0.1) is 18.1 Å². The average Bonchev–Trinajstić information content (AvgIpc) is 2.81. The molecule has 7 nitrogen and oxygen atoms in total. The Kier molecular flexibility index (Phi) is 6.36. The van der Waals surface area contributed by atoms with Crippen molar-refractivity contribution in [2.45, 2.75) is 24.2 Å². The minimum Gasteiger partial charge on any atom is -0.379 e. The molecular formula is C22H27N3O4S. The van der Waals surface area contributed by atoms with E-state index in [1.165, 1.54) is 35.7 Å². The molecule has 2 aromatic carbocycles. The van der Waals surface area contributed by atoms with Crippen molar-refractivity contribution in [2.24, 2.45) is 0 Å². The SMILES string of the molecule is O=C(Nc1ccc(S(=O)(=O)N2CCOCC2)cc1)c1ccc(N2CCCCC2)cc1. The van der Waals surface area contributed by atoms with Crippen LogP contribution in [0, 0.1) is 0 Å². The van der Waals surface area contributed by atoms with Gasteiger partial charge in [0.2, 0.25) is 10.0 Å². The van der Waals surface area contributed by atoms with E-state index >= 15 is 0 Å². The maximum atomic E-state index is 12.7. The van der Waals surface area contributed by atoms with Gasteiger partial charge in [0, 0.05) is 43.1 Å². The number of carbonyl (C=O) groups excluding carboxylic acids is 1. The molecule has 2 aliphatic heterocycles. The number of benzene rings is 2. The molecule has 0 unspecified atom stereocenters. The fourth-order valence-electron chi connectivity index (χ4n) is 3.83. The van der Waals surface area contributed by atoms with E-state index in [1.54, 1.807) is 12.1 Å². The van der Waals surface area contributed by atoms with Crippen molar-refractivity contribution >= 4 is 27.3 Å². The number of hydrogen-bond acceptors (Lipinski definition) is 5. The Morgan fingerprint density at radius 3 is 2.10 bits per heavy atom. The zero-order valence-electron chi connectivity index (χ0n) is 16.9. The standard InChI is InChI=1S/C22H27N3O4S/c26-22(18-4-8-20(9-5-18)24-12-2-1-3-13-24)23-19-6-10-21(11-7-19)30(27,28)25-14-16-29-17-15-25/h4-11H,1-3,12-17H2,(H,23,26). The number of sulfonamides is 1. The molecule has 2 saturated heterocycles. The molecule has 1 amide bonds. The van der Waals surface area contributed by atoms with Gasteiger partial charge in [-0.1, -0.05) is 0 Å². The van der Waals surface area contributed by atoms with Crippen LogP contribution in [-0.4, -0.2) is 58.0 Å². The van der Waals surface area contributed by atoms with Crippen LogP contribution in [0.3, 0.4) is 0 Å². The van der Waals surface area contributed by atoms with Crippen molar-refractivity contribution in [3.05, 3.63) is 54.1 Å². The molecular weight excluding hydrogens is 402 g/mol. The molecule has 0 spiro atoms. The number of rotatable bonds is 5. The lowest BCUT2D eigenvalue weighted by Gasteiger charge is -2.28. The second-order valence-corrected chi connectivity index (χ2v) is 9.53. The summed E-state index contributed by atoms with van der Waals surface area (Å²) < 4.78 is 32.0. The summed E-state index contributed by atoms with van der Waals surface area (Å²) in [6, 6.07) is 13.9. The van der Waals surface area contributed by atoms with E-state index in [4.69, 9.17) is 4.74 Å². The largest absolute Gasteiger partial charge is 0.379 e. The molecule has 2 heterocycles. The number of anilines is 2. The predicted octanol–water partition coefficient (Wildman–Crippen LogP) is 2.95. The van der Waals surface area contributed by atoms with E-state index < -0.39 is 10.0 Å². The summed E-state index contributed by atoms with van der Waals surface area (Å²) in [4.78, 5) is 15.1. The predicted molar refractivity (Wildman–Crippen MR) is 116 cm³/mol. The fraction of sp³-hybridized carbons (Fsp3) is 0.409. The number of nitrogens with one attached hydrogen (secondary N) is 1. The van der Waals surface area contributed by atoms with E-state index in [0.717, 1.165) is 18.8 Å². The van der Waals surface area contributed by atoms with Crippen LogP contribution in [-0.2, 0) is 14.8 Å². The summed E-state index contributed by atoms with van der Waals surface area (Å²) >= 11 is 0. The van der Waals surface area contributed by atoms with E-state index in [2.05, 4.69) is 10.2 Å². The van der Waals surface area contributed by atoms with Crippen LogP contribution in [0.1, 0.15) is 29.6 Å². The topological polar surface area (TPSA) is 79.0 Å². The van der Waals surface area contributed by atoms with Gasteiger partial charge >= 0.3 is 0 Å². The summed E-state index contributed by atoms with van der Waals surface area (Å²) in [6.07, 6.45) is 3.70. The van der Waals surface area contributed by atoms with Gasteiger partial charge in [-0.2, -0.15) is 4.31 Å². The summed E-state index contributed by atoms with van der Waals surface area (Å²) in [7, 11) is -3.54. The Hall–Kier alpha value is -2.42. The molecule has 2 fully saturated rings. The van der Waals surface area contributed by atoms with Crippen LogP contribution in [0.4, 0.5) is 11.4 Å². The lowest BCUT2D eigenvalue weighted by atomic mass is 10.1. The highest BCUT2D eigenvalue weighted by atomic mass is 32.2. The van der Waals surface area contributed by atoms with E-state index in [1.807, 2.05) is 24.3 Å². The summed E-state index contributed by atoms with van der Waals surface area (Å²) in [5.41, 5.74) is 2.27. The number of amides is 1. The van der Waals surface area contributed by atoms with Crippen LogP contribution < -0.4 is 10.2 Å². The molecule has 0 radical (unpaired) electrons. The summed E-state index contributed by atoms with van der Waals surface area (Å²) in [5.74, 6) is -0.219. The van der Waals surface area contributed by atoms with Gasteiger partial charge in [-0.25, -0.2) is 8.42 Å². The van der Waals surface area contributed by atoms with Gasteiger partial charge < -0.3 is 15.0 Å². The molecule has 2 aromatic rings. The first-order chi connectivity index (χ1) is 14.5.